The van der Waals surface area contributed by atoms with Crippen LogP contribution in [0.2, 0.25) is 0 Å². The van der Waals surface area contributed by atoms with Gasteiger partial charge in [0.1, 0.15) is 0 Å². The molecule has 15 heavy (non-hydrogen) atoms. The monoisotopic (exact) mass is 265 g/mol. The van der Waals surface area contributed by atoms with E-state index in [-0.39, 0.29) is 0 Å². The lowest BCUT2D eigenvalue weighted by atomic mass is 10.0. The van der Waals surface area contributed by atoms with Crippen LogP contribution in [0.5, 0.6) is 0 Å². The summed E-state index contributed by atoms with van der Waals surface area (Å²) < 4.78 is 1.11. The Kier molecular flexibility index (Phi) is 5.45. The van der Waals surface area contributed by atoms with E-state index in [2.05, 4.69) is 64.3 Å². The maximum atomic E-state index is 3.44. The average molecular weight is 266 g/mol. The van der Waals surface area contributed by atoms with Crippen molar-refractivity contribution in [1.82, 2.24) is 5.32 Å². The number of hydrogen-bond donors (Lipinski definition) is 1. The van der Waals surface area contributed by atoms with Crippen LogP contribution in [0.25, 0.3) is 0 Å². The van der Waals surface area contributed by atoms with E-state index in [0.29, 0.717) is 6.04 Å². The summed E-state index contributed by atoms with van der Waals surface area (Å²) >= 11 is 3.44. The van der Waals surface area contributed by atoms with Crippen LogP contribution in [0.1, 0.15) is 31.9 Å². The van der Waals surface area contributed by atoms with E-state index in [1.807, 2.05) is 6.92 Å². The Morgan fingerprint density at radius 1 is 1.33 bits per heavy atom. The Morgan fingerprint density at radius 3 is 2.53 bits per heavy atom. The Balaban J connectivity index is 2.76. The largest absolute Gasteiger partial charge is 0.309 e. The summed E-state index contributed by atoms with van der Waals surface area (Å²) in [4.78, 5) is 0. The molecule has 1 rings (SSSR count). The summed E-state index contributed by atoms with van der Waals surface area (Å²) in [7, 11) is 0. The highest BCUT2D eigenvalue weighted by atomic mass is 79.9. The average Bonchev–Trinajstić information content (AvgIpc) is 2.25. The van der Waals surface area contributed by atoms with Crippen LogP contribution in [-0.2, 0) is 0 Å². The van der Waals surface area contributed by atoms with Crippen LogP contribution in [0.15, 0.2) is 28.7 Å². The normalized spacial score (nSPS) is 11.7. The van der Waals surface area contributed by atoms with Crippen LogP contribution in [-0.4, -0.2) is 6.54 Å². The summed E-state index contributed by atoms with van der Waals surface area (Å²) in [5, 5.41) is 3.44. The first kappa shape index (κ1) is 12.3. The molecule has 0 heterocycles. The van der Waals surface area contributed by atoms with E-state index < -0.39 is 0 Å². The minimum absolute atomic E-state index is 0.343. The fourth-order valence-corrected chi connectivity index (χ4v) is 1.72. The molecule has 0 aliphatic heterocycles. The molecule has 1 nitrogen and oxygen atoms in total. The zero-order valence-electron chi connectivity index (χ0n) is 9.18. The predicted octanol–water partition coefficient (Wildman–Crippen LogP) is 3.51. The molecule has 0 saturated heterocycles. The fourth-order valence-electron chi connectivity index (χ4n) is 1.45. The lowest BCUT2D eigenvalue weighted by molar-refractivity contribution is 0.565. The van der Waals surface area contributed by atoms with E-state index in [1.165, 1.54) is 5.56 Å². The van der Waals surface area contributed by atoms with Crippen molar-refractivity contribution in [3.05, 3.63) is 34.3 Å². The van der Waals surface area contributed by atoms with Gasteiger partial charge < -0.3 is 5.32 Å². The quantitative estimate of drug-likeness (QED) is 0.822. The molecule has 0 amide bonds. The smallest absolute Gasteiger partial charge is 0.0430 e. The molecule has 0 saturated carbocycles. The van der Waals surface area contributed by atoms with Gasteiger partial charge in [0.25, 0.3) is 0 Å². The van der Waals surface area contributed by atoms with Crippen molar-refractivity contribution < 1.29 is 0 Å². The number of hydrogen-bond acceptors (Lipinski definition) is 1. The van der Waals surface area contributed by atoms with Crippen LogP contribution < -0.4 is 5.32 Å². The number of rotatable bonds is 4. The molecule has 0 fully saturated rings. The van der Waals surface area contributed by atoms with E-state index in [4.69, 9.17) is 0 Å². The van der Waals surface area contributed by atoms with Crippen molar-refractivity contribution in [3.8, 4) is 11.8 Å². The molecule has 1 unspecified atom stereocenters. The third kappa shape index (κ3) is 4.07. The van der Waals surface area contributed by atoms with Gasteiger partial charge in [0.05, 0.1) is 0 Å². The highest BCUT2D eigenvalue weighted by Gasteiger charge is 2.07. The summed E-state index contributed by atoms with van der Waals surface area (Å²) in [6.45, 7) is 4.96. The Hall–Kier alpha value is -0.780. The van der Waals surface area contributed by atoms with Crippen LogP contribution in [0.3, 0.4) is 0 Å². The molecule has 0 aromatic heterocycles. The molecular weight excluding hydrogens is 250 g/mol. The molecule has 80 valence electrons. The van der Waals surface area contributed by atoms with Crippen molar-refractivity contribution in [3.63, 3.8) is 0 Å². The molecule has 0 spiro atoms. The first-order valence-corrected chi connectivity index (χ1v) is 5.95. The van der Waals surface area contributed by atoms with Gasteiger partial charge >= 0.3 is 0 Å². The van der Waals surface area contributed by atoms with Crippen molar-refractivity contribution >= 4 is 15.9 Å². The molecule has 1 atom stereocenters. The van der Waals surface area contributed by atoms with Gasteiger partial charge in [0.2, 0.25) is 0 Å². The second-order valence-electron chi connectivity index (χ2n) is 3.29. The molecule has 1 N–H and O–H groups in total. The zero-order valence-corrected chi connectivity index (χ0v) is 10.8. The summed E-state index contributed by atoms with van der Waals surface area (Å²) in [6.07, 6.45) is 0.867. The third-order valence-electron chi connectivity index (χ3n) is 2.21. The van der Waals surface area contributed by atoms with Gasteiger partial charge in [-0.25, -0.2) is 0 Å². The maximum absolute atomic E-state index is 3.44. The van der Waals surface area contributed by atoms with Crippen molar-refractivity contribution in [1.29, 1.82) is 0 Å². The van der Waals surface area contributed by atoms with Gasteiger partial charge in [-0.15, -0.1) is 11.8 Å². The number of benzene rings is 1. The van der Waals surface area contributed by atoms with Crippen molar-refractivity contribution in [2.45, 2.75) is 26.3 Å². The highest BCUT2D eigenvalue weighted by Crippen LogP contribution is 2.19. The van der Waals surface area contributed by atoms with E-state index in [1.54, 1.807) is 0 Å². The predicted molar refractivity (Wildman–Crippen MR) is 68.6 cm³/mol. The molecule has 0 radical (unpaired) electrons. The van der Waals surface area contributed by atoms with Crippen molar-refractivity contribution in [2.24, 2.45) is 0 Å². The van der Waals surface area contributed by atoms with Crippen molar-refractivity contribution in [2.75, 3.05) is 6.54 Å². The summed E-state index contributed by atoms with van der Waals surface area (Å²) in [5.41, 5.74) is 1.29. The third-order valence-corrected chi connectivity index (χ3v) is 2.73. The lowest BCUT2D eigenvalue weighted by Crippen LogP contribution is -2.20. The fraction of sp³-hybridized carbons (Fsp3) is 0.385. The second-order valence-corrected chi connectivity index (χ2v) is 4.21. The molecule has 2 heteroatoms. The second kappa shape index (κ2) is 6.66. The van der Waals surface area contributed by atoms with Gasteiger partial charge in [-0.3, -0.25) is 0 Å². The molecule has 1 aromatic carbocycles. The van der Waals surface area contributed by atoms with E-state index in [9.17, 15) is 0 Å². The molecule has 0 aliphatic rings. The Morgan fingerprint density at radius 2 is 2.00 bits per heavy atom. The number of nitrogens with one attached hydrogen (secondary N) is 1. The standard InChI is InChI=1S/C13H16BrN/c1-3-5-6-13(15-4-2)11-7-9-12(14)10-8-11/h7-10,13,15H,4,6H2,1-2H3. The highest BCUT2D eigenvalue weighted by molar-refractivity contribution is 9.10. The minimum Gasteiger partial charge on any atom is -0.309 e. The Bertz CT molecular complexity index is 345. The van der Waals surface area contributed by atoms with Gasteiger partial charge in [0, 0.05) is 16.9 Å². The SMILES string of the molecule is CC#CCC(NCC)c1ccc(Br)cc1. The maximum Gasteiger partial charge on any atom is 0.0430 e. The van der Waals surface area contributed by atoms with Gasteiger partial charge in [-0.2, -0.15) is 0 Å². The molecule has 0 bridgehead atoms. The first-order valence-electron chi connectivity index (χ1n) is 5.16. The summed E-state index contributed by atoms with van der Waals surface area (Å²) in [6, 6.07) is 8.75. The van der Waals surface area contributed by atoms with Gasteiger partial charge in [-0.1, -0.05) is 35.0 Å². The van der Waals surface area contributed by atoms with Gasteiger partial charge in [0.15, 0.2) is 0 Å². The lowest BCUT2D eigenvalue weighted by Gasteiger charge is -2.15. The van der Waals surface area contributed by atoms with Gasteiger partial charge in [-0.05, 0) is 31.2 Å². The summed E-state index contributed by atoms with van der Waals surface area (Å²) in [5.74, 6) is 6.06. The Labute approximate surface area is 100 Å². The molecule has 1 aromatic rings. The number of halogens is 1. The van der Waals surface area contributed by atoms with Crippen LogP contribution >= 0.6 is 15.9 Å². The minimum atomic E-state index is 0.343. The topological polar surface area (TPSA) is 12.0 Å². The van der Waals surface area contributed by atoms with E-state index in [0.717, 1.165) is 17.4 Å². The first-order chi connectivity index (χ1) is 7.27. The van der Waals surface area contributed by atoms with Crippen LogP contribution in [0.4, 0.5) is 0 Å². The molecule has 0 aliphatic carbocycles. The molecular formula is C13H16BrN. The van der Waals surface area contributed by atoms with E-state index >= 15 is 0 Å². The van der Waals surface area contributed by atoms with Crippen LogP contribution in [0, 0.1) is 11.8 Å². The zero-order chi connectivity index (χ0) is 11.1.